The van der Waals surface area contributed by atoms with Gasteiger partial charge >= 0.3 is 0 Å². The van der Waals surface area contributed by atoms with Gasteiger partial charge in [0.05, 0.1) is 4.90 Å². The molecule has 1 aromatic rings. The second-order valence-corrected chi connectivity index (χ2v) is 5.31. The number of sulfonamides is 1. The molecule has 3 nitrogen and oxygen atoms in total. The zero-order chi connectivity index (χ0) is 11.5. The van der Waals surface area contributed by atoms with Crippen LogP contribution in [0.25, 0.3) is 0 Å². The van der Waals surface area contributed by atoms with Gasteiger partial charge in [-0.25, -0.2) is 8.42 Å². The summed E-state index contributed by atoms with van der Waals surface area (Å²) in [6.45, 7) is 3.70. The van der Waals surface area contributed by atoms with Gasteiger partial charge in [0.25, 0.3) is 10.0 Å². The topological polar surface area (TPSA) is 37.4 Å². The van der Waals surface area contributed by atoms with Crippen LogP contribution in [-0.4, -0.2) is 19.8 Å². The molecule has 82 valence electrons. The van der Waals surface area contributed by atoms with Crippen molar-refractivity contribution in [2.45, 2.75) is 18.7 Å². The van der Waals surface area contributed by atoms with Crippen molar-refractivity contribution >= 4 is 10.0 Å². The molecule has 0 unspecified atom stereocenters. The Hall–Kier alpha value is -1.29. The van der Waals surface area contributed by atoms with E-state index in [-0.39, 0.29) is 0 Å². The summed E-state index contributed by atoms with van der Waals surface area (Å²) in [4.78, 5) is 0.314. The highest BCUT2D eigenvalue weighted by atomic mass is 32.2. The largest absolute Gasteiger partial charge is 0.277 e. The van der Waals surface area contributed by atoms with Crippen LogP contribution < -0.4 is 0 Å². The monoisotopic (exact) mass is 225 g/mol. The summed E-state index contributed by atoms with van der Waals surface area (Å²) < 4.78 is 25.0. The second-order valence-electron chi connectivity index (χ2n) is 3.32. The summed E-state index contributed by atoms with van der Waals surface area (Å²) in [5, 5.41) is 0. The minimum atomic E-state index is -3.37. The van der Waals surface area contributed by atoms with E-state index >= 15 is 0 Å². The molecule has 1 rings (SSSR count). The summed E-state index contributed by atoms with van der Waals surface area (Å²) in [5.41, 5.74) is 1.04. The molecule has 0 saturated heterocycles. The van der Waals surface area contributed by atoms with Crippen molar-refractivity contribution in [1.82, 2.24) is 4.31 Å². The van der Waals surface area contributed by atoms with Crippen LogP contribution in [0.15, 0.2) is 41.4 Å². The molecule has 0 spiro atoms. The molecule has 0 aromatic heterocycles. The normalized spacial score (nSPS) is 11.9. The van der Waals surface area contributed by atoms with E-state index in [9.17, 15) is 8.42 Å². The van der Waals surface area contributed by atoms with Gasteiger partial charge in [-0.05, 0) is 26.0 Å². The van der Waals surface area contributed by atoms with Crippen molar-refractivity contribution in [2.24, 2.45) is 0 Å². The van der Waals surface area contributed by atoms with Crippen LogP contribution >= 0.6 is 0 Å². The highest BCUT2D eigenvalue weighted by Gasteiger charge is 2.16. The fourth-order valence-electron chi connectivity index (χ4n) is 1.17. The number of aryl methyl sites for hydroxylation is 1. The average Bonchev–Trinajstić information content (AvgIpc) is 2.18. The molecule has 0 saturated carbocycles. The minimum Gasteiger partial charge on any atom is -0.277 e. The van der Waals surface area contributed by atoms with Crippen molar-refractivity contribution in [3.05, 3.63) is 42.1 Å². The van der Waals surface area contributed by atoms with Gasteiger partial charge in [0, 0.05) is 13.2 Å². The second kappa shape index (κ2) is 4.49. The zero-order valence-electron chi connectivity index (χ0n) is 9.14. The van der Waals surface area contributed by atoms with E-state index in [0.717, 1.165) is 5.56 Å². The van der Waals surface area contributed by atoms with Crippen molar-refractivity contribution < 1.29 is 8.42 Å². The molecule has 0 N–H and O–H groups in total. The van der Waals surface area contributed by atoms with Gasteiger partial charge in [0.2, 0.25) is 0 Å². The van der Waals surface area contributed by atoms with E-state index in [2.05, 4.69) is 0 Å². The highest BCUT2D eigenvalue weighted by Crippen LogP contribution is 2.14. The lowest BCUT2D eigenvalue weighted by Gasteiger charge is -2.14. The first-order valence-electron chi connectivity index (χ1n) is 4.66. The van der Waals surface area contributed by atoms with Crippen LogP contribution in [0.1, 0.15) is 12.5 Å². The molecule has 0 radical (unpaired) electrons. The van der Waals surface area contributed by atoms with Gasteiger partial charge in [-0.3, -0.25) is 4.31 Å². The molecule has 0 heterocycles. The number of hydrogen-bond acceptors (Lipinski definition) is 2. The molecule has 0 aliphatic heterocycles. The summed E-state index contributed by atoms with van der Waals surface area (Å²) in [7, 11) is -1.85. The smallest absolute Gasteiger partial charge is 0.263 e. The van der Waals surface area contributed by atoms with Crippen molar-refractivity contribution in [2.75, 3.05) is 7.05 Å². The molecule has 0 amide bonds. The van der Waals surface area contributed by atoms with Crippen LogP contribution in [0.4, 0.5) is 0 Å². The van der Waals surface area contributed by atoms with Crippen LogP contribution in [-0.2, 0) is 10.0 Å². The summed E-state index contributed by atoms with van der Waals surface area (Å²) in [5.74, 6) is 0. The van der Waals surface area contributed by atoms with Gasteiger partial charge in [-0.15, -0.1) is 0 Å². The first-order chi connectivity index (χ1) is 6.98. The number of hydrogen-bond donors (Lipinski definition) is 0. The maximum atomic E-state index is 11.9. The summed E-state index contributed by atoms with van der Waals surface area (Å²) >= 11 is 0. The predicted octanol–water partition coefficient (Wildman–Crippen LogP) is 2.15. The molecule has 1 aromatic carbocycles. The van der Waals surface area contributed by atoms with E-state index in [1.807, 2.05) is 6.92 Å². The quantitative estimate of drug-likeness (QED) is 0.790. The maximum absolute atomic E-state index is 11.9. The van der Waals surface area contributed by atoms with Crippen LogP contribution in [0.5, 0.6) is 0 Å². The van der Waals surface area contributed by atoms with E-state index in [1.165, 1.54) is 17.6 Å². The molecule has 0 atom stereocenters. The third kappa shape index (κ3) is 2.59. The number of nitrogens with zero attached hydrogens (tertiary/aromatic N) is 1. The van der Waals surface area contributed by atoms with Crippen molar-refractivity contribution in [3.63, 3.8) is 0 Å². The highest BCUT2D eigenvalue weighted by molar-refractivity contribution is 7.89. The minimum absolute atomic E-state index is 0.314. The predicted molar refractivity (Wildman–Crippen MR) is 60.9 cm³/mol. The van der Waals surface area contributed by atoms with Gasteiger partial charge in [-0.1, -0.05) is 23.8 Å². The lowest BCUT2D eigenvalue weighted by Crippen LogP contribution is -2.21. The standard InChI is InChI=1S/C11H15NO2S/c1-4-9-12(3)15(13,14)11-7-5-10(2)6-8-11/h4-9H,1-3H3/b9-4-. The van der Waals surface area contributed by atoms with Crippen LogP contribution in [0.3, 0.4) is 0 Å². The SMILES string of the molecule is C/C=C\N(C)S(=O)(=O)c1ccc(C)cc1. The first-order valence-corrected chi connectivity index (χ1v) is 6.10. The molecule has 0 aliphatic rings. The average molecular weight is 225 g/mol. The number of allylic oxidation sites excluding steroid dienone is 1. The third-order valence-electron chi connectivity index (χ3n) is 2.06. The van der Waals surface area contributed by atoms with Crippen molar-refractivity contribution in [3.8, 4) is 0 Å². The van der Waals surface area contributed by atoms with E-state index in [4.69, 9.17) is 0 Å². The Morgan fingerprint density at radius 3 is 2.20 bits per heavy atom. The summed E-state index contributed by atoms with van der Waals surface area (Å²) in [6, 6.07) is 6.81. The van der Waals surface area contributed by atoms with E-state index in [0.29, 0.717) is 4.90 Å². The zero-order valence-corrected chi connectivity index (χ0v) is 9.95. The molecule has 15 heavy (non-hydrogen) atoms. The third-order valence-corrected chi connectivity index (χ3v) is 3.80. The molecular formula is C11H15NO2S. The Morgan fingerprint density at radius 2 is 1.73 bits per heavy atom. The van der Waals surface area contributed by atoms with E-state index in [1.54, 1.807) is 37.3 Å². The Morgan fingerprint density at radius 1 is 1.20 bits per heavy atom. The molecule has 0 fully saturated rings. The van der Waals surface area contributed by atoms with Gasteiger partial charge in [0.15, 0.2) is 0 Å². The van der Waals surface area contributed by atoms with Gasteiger partial charge in [-0.2, -0.15) is 0 Å². The molecule has 4 heteroatoms. The number of rotatable bonds is 3. The van der Waals surface area contributed by atoms with Crippen molar-refractivity contribution in [1.29, 1.82) is 0 Å². The Kier molecular flexibility index (Phi) is 3.52. The fraction of sp³-hybridized carbons (Fsp3) is 0.273. The maximum Gasteiger partial charge on any atom is 0.263 e. The first kappa shape index (κ1) is 11.8. The van der Waals surface area contributed by atoms with Gasteiger partial charge in [0.1, 0.15) is 0 Å². The van der Waals surface area contributed by atoms with Crippen LogP contribution in [0, 0.1) is 6.92 Å². The Labute approximate surface area is 91.1 Å². The molecule has 0 aliphatic carbocycles. The van der Waals surface area contributed by atoms with Crippen LogP contribution in [0.2, 0.25) is 0 Å². The van der Waals surface area contributed by atoms with Gasteiger partial charge < -0.3 is 0 Å². The lowest BCUT2D eigenvalue weighted by molar-refractivity contribution is 0.539. The summed E-state index contributed by atoms with van der Waals surface area (Å²) in [6.07, 6.45) is 3.21. The lowest BCUT2D eigenvalue weighted by atomic mass is 10.2. The Bertz CT molecular complexity index is 446. The molecular weight excluding hydrogens is 210 g/mol. The Balaban J connectivity index is 3.11. The number of benzene rings is 1. The molecule has 0 bridgehead atoms. The van der Waals surface area contributed by atoms with E-state index < -0.39 is 10.0 Å². The fourth-order valence-corrected chi connectivity index (χ4v) is 2.26.